The van der Waals surface area contributed by atoms with Gasteiger partial charge in [-0.15, -0.1) is 0 Å². The summed E-state index contributed by atoms with van der Waals surface area (Å²) in [6.45, 7) is 12.6. The Morgan fingerprint density at radius 1 is 1.17 bits per heavy atom. The van der Waals surface area contributed by atoms with Gasteiger partial charge in [0.05, 0.1) is 11.4 Å². The molecule has 0 radical (unpaired) electrons. The standard InChI is InChI=1S/C21H23FN2/c1-15-12-18(11-10-17-8-7-9-19(22)13-17)14-23-20(15)16(2)24(6)21(3,4)5/h7-9,12-14H,2H2,1,3-6H3. The van der Waals surface area contributed by atoms with E-state index in [0.29, 0.717) is 5.56 Å². The summed E-state index contributed by atoms with van der Waals surface area (Å²) in [5.41, 5.74) is 4.18. The van der Waals surface area contributed by atoms with Crippen molar-refractivity contribution in [1.82, 2.24) is 9.88 Å². The van der Waals surface area contributed by atoms with Crippen LogP contribution >= 0.6 is 0 Å². The summed E-state index contributed by atoms with van der Waals surface area (Å²) < 4.78 is 13.2. The molecule has 1 aromatic heterocycles. The first kappa shape index (κ1) is 17.7. The monoisotopic (exact) mass is 322 g/mol. The van der Waals surface area contributed by atoms with Crippen LogP contribution in [0.15, 0.2) is 43.1 Å². The highest BCUT2D eigenvalue weighted by Gasteiger charge is 2.20. The summed E-state index contributed by atoms with van der Waals surface area (Å²) >= 11 is 0. The van der Waals surface area contributed by atoms with Gasteiger partial charge in [-0.25, -0.2) is 4.39 Å². The molecule has 0 unspecified atom stereocenters. The third-order valence-electron chi connectivity index (χ3n) is 3.94. The Bertz CT molecular complexity index is 820. The molecule has 2 nitrogen and oxygen atoms in total. The highest BCUT2D eigenvalue weighted by atomic mass is 19.1. The minimum Gasteiger partial charge on any atom is -0.368 e. The Morgan fingerprint density at radius 2 is 1.83 bits per heavy atom. The second kappa shape index (κ2) is 6.88. The van der Waals surface area contributed by atoms with Crippen LogP contribution in [0.2, 0.25) is 0 Å². The molecule has 1 aromatic carbocycles. The van der Waals surface area contributed by atoms with E-state index in [1.54, 1.807) is 18.3 Å². The molecule has 0 spiro atoms. The first-order chi connectivity index (χ1) is 11.2. The van der Waals surface area contributed by atoms with Gasteiger partial charge in [0, 0.05) is 29.9 Å². The topological polar surface area (TPSA) is 16.1 Å². The number of pyridine rings is 1. The van der Waals surface area contributed by atoms with E-state index in [9.17, 15) is 4.39 Å². The first-order valence-electron chi connectivity index (χ1n) is 7.86. The fourth-order valence-electron chi connectivity index (χ4n) is 2.22. The maximum atomic E-state index is 13.2. The van der Waals surface area contributed by atoms with Crippen LogP contribution in [-0.2, 0) is 0 Å². The quantitative estimate of drug-likeness (QED) is 0.749. The molecule has 3 heteroatoms. The van der Waals surface area contributed by atoms with Gasteiger partial charge in [0.2, 0.25) is 0 Å². The zero-order valence-corrected chi connectivity index (χ0v) is 14.9. The van der Waals surface area contributed by atoms with Gasteiger partial charge >= 0.3 is 0 Å². The number of hydrogen-bond donors (Lipinski definition) is 0. The fraction of sp³-hybridized carbons (Fsp3) is 0.286. The van der Waals surface area contributed by atoms with Crippen molar-refractivity contribution in [3.63, 3.8) is 0 Å². The van der Waals surface area contributed by atoms with E-state index in [-0.39, 0.29) is 11.4 Å². The summed E-state index contributed by atoms with van der Waals surface area (Å²) in [6, 6.07) is 8.24. The summed E-state index contributed by atoms with van der Waals surface area (Å²) in [5, 5.41) is 0. The van der Waals surface area contributed by atoms with Crippen molar-refractivity contribution in [2.24, 2.45) is 0 Å². The molecule has 2 aromatic rings. The minimum absolute atomic E-state index is 0.0267. The van der Waals surface area contributed by atoms with Gasteiger partial charge in [0.15, 0.2) is 0 Å². The molecule has 2 rings (SSSR count). The Kier molecular flexibility index (Phi) is 5.09. The molecule has 0 fully saturated rings. The van der Waals surface area contributed by atoms with Gasteiger partial charge < -0.3 is 4.90 Å². The van der Waals surface area contributed by atoms with Crippen molar-refractivity contribution in [1.29, 1.82) is 0 Å². The van der Waals surface area contributed by atoms with Gasteiger partial charge in [-0.3, -0.25) is 4.98 Å². The van der Waals surface area contributed by atoms with E-state index < -0.39 is 0 Å². The van der Waals surface area contributed by atoms with E-state index in [0.717, 1.165) is 22.5 Å². The summed E-state index contributed by atoms with van der Waals surface area (Å²) in [4.78, 5) is 6.64. The lowest BCUT2D eigenvalue weighted by atomic mass is 10.0. The van der Waals surface area contributed by atoms with E-state index in [1.807, 2.05) is 20.0 Å². The zero-order chi connectivity index (χ0) is 17.9. The largest absolute Gasteiger partial charge is 0.368 e. The molecule has 0 amide bonds. The lowest BCUT2D eigenvalue weighted by Crippen LogP contribution is -2.36. The van der Waals surface area contributed by atoms with Gasteiger partial charge in [0.25, 0.3) is 0 Å². The third kappa shape index (κ3) is 4.23. The number of aryl methyl sites for hydroxylation is 1. The third-order valence-corrected chi connectivity index (χ3v) is 3.94. The predicted octanol–water partition coefficient (Wildman–Crippen LogP) is 4.63. The van der Waals surface area contributed by atoms with Crippen molar-refractivity contribution in [2.75, 3.05) is 7.05 Å². The molecule has 0 bridgehead atoms. The highest BCUT2D eigenvalue weighted by molar-refractivity contribution is 5.62. The van der Waals surface area contributed by atoms with Gasteiger partial charge in [-0.1, -0.05) is 24.5 Å². The van der Waals surface area contributed by atoms with E-state index >= 15 is 0 Å². The van der Waals surface area contributed by atoms with Crippen molar-refractivity contribution in [2.45, 2.75) is 33.2 Å². The molecule has 24 heavy (non-hydrogen) atoms. The molecule has 0 saturated heterocycles. The second-order valence-corrected chi connectivity index (χ2v) is 6.83. The molecule has 0 aliphatic heterocycles. The normalized spacial score (nSPS) is 10.8. The van der Waals surface area contributed by atoms with Gasteiger partial charge in [-0.05, 0) is 57.5 Å². The van der Waals surface area contributed by atoms with Crippen LogP contribution < -0.4 is 0 Å². The van der Waals surface area contributed by atoms with E-state index in [2.05, 4.69) is 49.1 Å². The number of rotatable bonds is 2. The smallest absolute Gasteiger partial charge is 0.124 e. The Morgan fingerprint density at radius 3 is 2.42 bits per heavy atom. The van der Waals surface area contributed by atoms with Gasteiger partial charge in [-0.2, -0.15) is 0 Å². The highest BCUT2D eigenvalue weighted by Crippen LogP contribution is 2.24. The number of benzene rings is 1. The molecule has 1 heterocycles. The van der Waals surface area contributed by atoms with E-state index in [1.165, 1.54) is 12.1 Å². The molecule has 0 atom stereocenters. The van der Waals surface area contributed by atoms with Crippen LogP contribution in [0.1, 0.15) is 43.2 Å². The first-order valence-corrected chi connectivity index (χ1v) is 7.86. The SMILES string of the molecule is C=C(c1ncc(C#Cc2cccc(F)c2)cc1C)N(C)C(C)(C)C. The Hall–Kier alpha value is -2.60. The molecule has 0 saturated carbocycles. The average molecular weight is 322 g/mol. The second-order valence-electron chi connectivity index (χ2n) is 6.83. The molecule has 0 aliphatic rings. The number of nitrogens with zero attached hydrogens (tertiary/aromatic N) is 2. The maximum Gasteiger partial charge on any atom is 0.124 e. The molecule has 0 aliphatic carbocycles. The fourth-order valence-corrected chi connectivity index (χ4v) is 2.22. The maximum absolute atomic E-state index is 13.2. The van der Waals surface area contributed by atoms with Crippen LogP contribution in [0, 0.1) is 24.6 Å². The summed E-state index contributed by atoms with van der Waals surface area (Å²) in [6.07, 6.45) is 1.73. The van der Waals surface area contributed by atoms with Crippen molar-refractivity contribution in [3.05, 3.63) is 71.3 Å². The van der Waals surface area contributed by atoms with Crippen molar-refractivity contribution in [3.8, 4) is 11.8 Å². The van der Waals surface area contributed by atoms with Crippen LogP contribution in [0.25, 0.3) is 5.70 Å². The van der Waals surface area contributed by atoms with Crippen LogP contribution in [0.3, 0.4) is 0 Å². The molecular formula is C21H23FN2. The van der Waals surface area contributed by atoms with Crippen LogP contribution in [0.5, 0.6) is 0 Å². The average Bonchev–Trinajstić information content (AvgIpc) is 2.51. The lowest BCUT2D eigenvalue weighted by molar-refractivity contribution is 0.265. The summed E-state index contributed by atoms with van der Waals surface area (Å²) in [5.74, 6) is 5.71. The predicted molar refractivity (Wildman–Crippen MR) is 97.9 cm³/mol. The molecule has 0 N–H and O–H groups in total. The van der Waals surface area contributed by atoms with E-state index in [4.69, 9.17) is 0 Å². The van der Waals surface area contributed by atoms with Crippen molar-refractivity contribution >= 4 is 5.70 Å². The van der Waals surface area contributed by atoms with Gasteiger partial charge in [0.1, 0.15) is 5.82 Å². The lowest BCUT2D eigenvalue weighted by Gasteiger charge is -2.35. The zero-order valence-electron chi connectivity index (χ0n) is 14.9. The number of hydrogen-bond acceptors (Lipinski definition) is 2. The van der Waals surface area contributed by atoms with Crippen LogP contribution in [0.4, 0.5) is 4.39 Å². The molecular weight excluding hydrogens is 299 g/mol. The molecule has 124 valence electrons. The minimum atomic E-state index is -0.284. The van der Waals surface area contributed by atoms with Crippen LogP contribution in [-0.4, -0.2) is 22.5 Å². The number of halogens is 1. The number of aromatic nitrogens is 1. The van der Waals surface area contributed by atoms with Crippen molar-refractivity contribution < 1.29 is 4.39 Å². The summed E-state index contributed by atoms with van der Waals surface area (Å²) in [7, 11) is 2.01. The Labute approximate surface area is 144 Å². The Balaban J connectivity index is 2.26.